The van der Waals surface area contributed by atoms with Gasteiger partial charge in [0.25, 0.3) is 0 Å². The van der Waals surface area contributed by atoms with E-state index in [0.29, 0.717) is 0 Å². The Morgan fingerprint density at radius 3 is 3.05 bits per heavy atom. The minimum atomic E-state index is -0.210. The summed E-state index contributed by atoms with van der Waals surface area (Å²) in [5, 5.41) is 12.8. The predicted molar refractivity (Wildman–Crippen MR) is 70.7 cm³/mol. The summed E-state index contributed by atoms with van der Waals surface area (Å²) in [6, 6.07) is 3.30. The number of nitrogens with one attached hydrogen (secondary N) is 3. The van der Waals surface area contributed by atoms with Crippen LogP contribution in [-0.4, -0.2) is 21.2 Å². The van der Waals surface area contributed by atoms with Crippen LogP contribution in [0.15, 0.2) is 30.7 Å². The average Bonchev–Trinajstić information content (AvgIpc) is 2.89. The van der Waals surface area contributed by atoms with E-state index in [1.54, 1.807) is 24.5 Å². The molecule has 2 aromatic heterocycles. The number of aromatic amines is 1. The largest absolute Gasteiger partial charge is 0.330 e. The van der Waals surface area contributed by atoms with Gasteiger partial charge in [-0.05, 0) is 37.0 Å². The second-order valence-corrected chi connectivity index (χ2v) is 4.59. The number of hydrogen-bond acceptors (Lipinski definition) is 3. The third kappa shape index (κ3) is 2.57. The number of rotatable bonds is 2. The highest BCUT2D eigenvalue weighted by molar-refractivity contribution is 5.89. The minimum absolute atomic E-state index is 0.00749. The summed E-state index contributed by atoms with van der Waals surface area (Å²) in [4.78, 5) is 15.8. The van der Waals surface area contributed by atoms with Gasteiger partial charge in [-0.15, -0.1) is 0 Å². The molecule has 6 heteroatoms. The average molecular weight is 257 g/mol. The van der Waals surface area contributed by atoms with Crippen molar-refractivity contribution in [3.05, 3.63) is 42.0 Å². The number of anilines is 1. The molecule has 0 spiro atoms. The quantitative estimate of drug-likeness (QED) is 0.769. The van der Waals surface area contributed by atoms with Crippen LogP contribution in [0, 0.1) is 0 Å². The van der Waals surface area contributed by atoms with E-state index in [1.807, 2.05) is 6.20 Å². The monoisotopic (exact) mass is 257 g/mol. The lowest BCUT2D eigenvalue weighted by atomic mass is 9.94. The Morgan fingerprint density at radius 1 is 1.37 bits per heavy atom. The molecule has 0 aromatic carbocycles. The maximum Gasteiger partial charge on any atom is 0.319 e. The third-order valence-electron chi connectivity index (χ3n) is 3.28. The van der Waals surface area contributed by atoms with E-state index in [9.17, 15) is 4.79 Å². The zero-order valence-electron chi connectivity index (χ0n) is 10.4. The number of pyridine rings is 1. The van der Waals surface area contributed by atoms with Crippen LogP contribution in [0.2, 0.25) is 0 Å². The Labute approximate surface area is 110 Å². The highest BCUT2D eigenvalue weighted by Gasteiger charge is 2.23. The summed E-state index contributed by atoms with van der Waals surface area (Å²) in [6.45, 7) is 0. The Balaban J connectivity index is 1.65. The zero-order valence-corrected chi connectivity index (χ0v) is 10.4. The normalized spacial score (nSPS) is 17.6. The first kappa shape index (κ1) is 11.7. The Kier molecular flexibility index (Phi) is 3.14. The first-order chi connectivity index (χ1) is 9.33. The molecule has 0 fully saturated rings. The molecule has 1 atom stereocenters. The van der Waals surface area contributed by atoms with Gasteiger partial charge in [-0.1, -0.05) is 0 Å². The van der Waals surface area contributed by atoms with Gasteiger partial charge >= 0.3 is 6.03 Å². The highest BCUT2D eigenvalue weighted by atomic mass is 16.2. The molecule has 3 rings (SSSR count). The van der Waals surface area contributed by atoms with Gasteiger partial charge < -0.3 is 10.6 Å². The van der Waals surface area contributed by atoms with E-state index >= 15 is 0 Å². The van der Waals surface area contributed by atoms with Crippen LogP contribution in [0.4, 0.5) is 10.5 Å². The summed E-state index contributed by atoms with van der Waals surface area (Å²) in [7, 11) is 0. The SMILES string of the molecule is O=C(Nc1ccncc1)NC1CCCc2cn[nH]c21. The lowest BCUT2D eigenvalue weighted by Gasteiger charge is -2.23. The number of amides is 2. The number of aryl methyl sites for hydroxylation is 1. The highest BCUT2D eigenvalue weighted by Crippen LogP contribution is 2.27. The molecule has 3 N–H and O–H groups in total. The van der Waals surface area contributed by atoms with Crippen molar-refractivity contribution in [2.24, 2.45) is 0 Å². The number of H-pyrrole nitrogens is 1. The Hall–Kier alpha value is -2.37. The van der Waals surface area contributed by atoms with E-state index in [1.165, 1.54) is 5.56 Å². The first-order valence-electron chi connectivity index (χ1n) is 6.32. The van der Waals surface area contributed by atoms with Crippen LogP contribution >= 0.6 is 0 Å². The van der Waals surface area contributed by atoms with Crippen LogP contribution in [0.1, 0.15) is 30.1 Å². The second-order valence-electron chi connectivity index (χ2n) is 4.59. The molecule has 2 heterocycles. The van der Waals surface area contributed by atoms with Crippen molar-refractivity contribution in [1.29, 1.82) is 0 Å². The van der Waals surface area contributed by atoms with Gasteiger partial charge in [-0.25, -0.2) is 4.79 Å². The summed E-state index contributed by atoms with van der Waals surface area (Å²) >= 11 is 0. The summed E-state index contributed by atoms with van der Waals surface area (Å²) < 4.78 is 0. The number of aromatic nitrogens is 3. The van der Waals surface area contributed by atoms with Crippen molar-refractivity contribution in [2.45, 2.75) is 25.3 Å². The fraction of sp³-hybridized carbons (Fsp3) is 0.308. The molecule has 1 aliphatic carbocycles. The Bertz CT molecular complexity index is 565. The second kappa shape index (κ2) is 5.09. The van der Waals surface area contributed by atoms with Gasteiger partial charge in [0, 0.05) is 18.1 Å². The van der Waals surface area contributed by atoms with Crippen LogP contribution in [0.25, 0.3) is 0 Å². The van der Waals surface area contributed by atoms with E-state index in [0.717, 1.165) is 30.6 Å². The number of urea groups is 1. The maximum absolute atomic E-state index is 11.9. The molecule has 0 radical (unpaired) electrons. The third-order valence-corrected chi connectivity index (χ3v) is 3.28. The van der Waals surface area contributed by atoms with Crippen LogP contribution in [0.5, 0.6) is 0 Å². The molecule has 2 amide bonds. The number of nitrogens with zero attached hydrogens (tertiary/aromatic N) is 2. The van der Waals surface area contributed by atoms with Gasteiger partial charge in [0.2, 0.25) is 0 Å². The van der Waals surface area contributed by atoms with Crippen molar-refractivity contribution in [3.63, 3.8) is 0 Å². The van der Waals surface area contributed by atoms with Crippen LogP contribution in [-0.2, 0) is 6.42 Å². The zero-order chi connectivity index (χ0) is 13.1. The van der Waals surface area contributed by atoms with Gasteiger partial charge in [-0.3, -0.25) is 10.1 Å². The van der Waals surface area contributed by atoms with E-state index in [2.05, 4.69) is 25.8 Å². The molecular weight excluding hydrogens is 242 g/mol. The first-order valence-corrected chi connectivity index (χ1v) is 6.32. The van der Waals surface area contributed by atoms with Crippen molar-refractivity contribution < 1.29 is 4.79 Å². The molecular formula is C13H15N5O. The van der Waals surface area contributed by atoms with Crippen molar-refractivity contribution in [2.75, 3.05) is 5.32 Å². The molecule has 98 valence electrons. The molecule has 0 saturated carbocycles. The fourth-order valence-electron chi connectivity index (χ4n) is 2.37. The van der Waals surface area contributed by atoms with Gasteiger partial charge in [0.15, 0.2) is 0 Å². The summed E-state index contributed by atoms with van der Waals surface area (Å²) in [5.74, 6) is 0. The van der Waals surface area contributed by atoms with Crippen molar-refractivity contribution >= 4 is 11.7 Å². The fourth-order valence-corrected chi connectivity index (χ4v) is 2.37. The Morgan fingerprint density at radius 2 is 2.21 bits per heavy atom. The molecule has 6 nitrogen and oxygen atoms in total. The molecule has 2 aromatic rings. The smallest absolute Gasteiger partial charge is 0.319 e. The number of carbonyl (C=O) groups excluding carboxylic acids is 1. The van der Waals surface area contributed by atoms with Crippen LogP contribution in [0.3, 0.4) is 0 Å². The number of fused-ring (bicyclic) bond motifs is 1. The molecule has 19 heavy (non-hydrogen) atoms. The van der Waals surface area contributed by atoms with E-state index in [-0.39, 0.29) is 12.1 Å². The number of hydrogen-bond donors (Lipinski definition) is 3. The van der Waals surface area contributed by atoms with Gasteiger partial charge in [0.1, 0.15) is 0 Å². The topological polar surface area (TPSA) is 82.7 Å². The lowest BCUT2D eigenvalue weighted by molar-refractivity contribution is 0.247. The standard InChI is InChI=1S/C13H15N5O/c19-13(16-10-4-6-14-7-5-10)17-11-3-1-2-9-8-15-18-12(9)11/h4-8,11H,1-3H2,(H,15,18)(H2,14,16,17,19). The van der Waals surface area contributed by atoms with Crippen molar-refractivity contribution in [1.82, 2.24) is 20.5 Å². The molecule has 1 unspecified atom stereocenters. The van der Waals surface area contributed by atoms with Crippen molar-refractivity contribution in [3.8, 4) is 0 Å². The van der Waals surface area contributed by atoms with Crippen LogP contribution < -0.4 is 10.6 Å². The molecule has 0 bridgehead atoms. The lowest BCUT2D eigenvalue weighted by Crippen LogP contribution is -2.34. The number of carbonyl (C=O) groups is 1. The predicted octanol–water partition coefficient (Wildman–Crippen LogP) is 2.00. The molecule has 0 aliphatic heterocycles. The van der Waals surface area contributed by atoms with E-state index in [4.69, 9.17) is 0 Å². The van der Waals surface area contributed by atoms with E-state index < -0.39 is 0 Å². The van der Waals surface area contributed by atoms with Gasteiger partial charge in [-0.2, -0.15) is 5.10 Å². The summed E-state index contributed by atoms with van der Waals surface area (Å²) in [5.41, 5.74) is 2.95. The summed E-state index contributed by atoms with van der Waals surface area (Å²) in [6.07, 6.45) is 8.14. The van der Waals surface area contributed by atoms with Gasteiger partial charge in [0.05, 0.1) is 17.9 Å². The maximum atomic E-state index is 11.9. The molecule has 0 saturated heterocycles. The molecule has 1 aliphatic rings. The minimum Gasteiger partial charge on any atom is -0.330 e.